The normalized spacial score (nSPS) is 10.9. The summed E-state index contributed by atoms with van der Waals surface area (Å²) in [6.45, 7) is 3.29. The highest BCUT2D eigenvalue weighted by Gasteiger charge is 2.00. The van der Waals surface area contributed by atoms with Crippen molar-refractivity contribution in [2.24, 2.45) is 0 Å². The second-order valence-corrected chi connectivity index (χ2v) is 3.83. The van der Waals surface area contributed by atoms with Gasteiger partial charge in [0.1, 0.15) is 12.4 Å². The Hall–Kier alpha value is -2.30. The van der Waals surface area contributed by atoms with Crippen molar-refractivity contribution in [3.8, 4) is 5.75 Å². The van der Waals surface area contributed by atoms with E-state index in [0.717, 1.165) is 6.08 Å². The highest BCUT2D eigenvalue weighted by atomic mass is 16.5. The lowest BCUT2D eigenvalue weighted by Gasteiger charge is -2.08. The van der Waals surface area contributed by atoms with Crippen LogP contribution in [-0.2, 0) is 9.59 Å². The van der Waals surface area contributed by atoms with Crippen LogP contribution in [0.1, 0.15) is 13.8 Å². The lowest BCUT2D eigenvalue weighted by molar-refractivity contribution is -0.131. The van der Waals surface area contributed by atoms with Crippen molar-refractivity contribution in [2.45, 2.75) is 13.8 Å². The van der Waals surface area contributed by atoms with E-state index in [2.05, 4.69) is 5.32 Å². The summed E-state index contributed by atoms with van der Waals surface area (Å²) in [7, 11) is 0. The molecular formula is C13H15NO4. The van der Waals surface area contributed by atoms with Gasteiger partial charge in [-0.25, -0.2) is 4.79 Å². The van der Waals surface area contributed by atoms with Crippen LogP contribution in [0, 0.1) is 0 Å². The number of carboxylic acid groups (broad SMARTS) is 1. The molecule has 1 aromatic carbocycles. The lowest BCUT2D eigenvalue weighted by Crippen LogP contribution is -2.06. The average Bonchev–Trinajstić information content (AvgIpc) is 2.25. The lowest BCUT2D eigenvalue weighted by atomic mass is 10.3. The number of nitrogens with one attached hydrogen (secondary N) is 1. The van der Waals surface area contributed by atoms with Gasteiger partial charge in [-0.05, 0) is 24.6 Å². The molecule has 0 aliphatic rings. The van der Waals surface area contributed by atoms with E-state index in [1.807, 2.05) is 0 Å². The van der Waals surface area contributed by atoms with E-state index in [0.29, 0.717) is 17.0 Å². The van der Waals surface area contributed by atoms with Crippen molar-refractivity contribution in [1.82, 2.24) is 0 Å². The van der Waals surface area contributed by atoms with E-state index in [1.165, 1.54) is 6.92 Å². The molecule has 0 aromatic heterocycles. The highest BCUT2D eigenvalue weighted by molar-refractivity contribution is 5.88. The summed E-state index contributed by atoms with van der Waals surface area (Å²) < 4.78 is 5.41. The molecule has 0 saturated heterocycles. The second kappa shape index (κ2) is 6.44. The molecule has 1 amide bonds. The Morgan fingerprint density at radius 3 is 2.72 bits per heavy atom. The number of hydrogen-bond donors (Lipinski definition) is 2. The molecule has 1 aromatic rings. The summed E-state index contributed by atoms with van der Waals surface area (Å²) in [6, 6.07) is 6.90. The number of hydrogen-bond acceptors (Lipinski definition) is 3. The molecule has 0 spiro atoms. The summed E-state index contributed by atoms with van der Waals surface area (Å²) in [5.41, 5.74) is 1.24. The summed E-state index contributed by atoms with van der Waals surface area (Å²) in [4.78, 5) is 21.3. The number of rotatable bonds is 5. The first-order chi connectivity index (χ1) is 8.47. The molecule has 0 heterocycles. The Labute approximate surface area is 105 Å². The number of ether oxygens (including phenoxy) is 1. The first-order valence-corrected chi connectivity index (χ1v) is 5.38. The number of benzene rings is 1. The first kappa shape index (κ1) is 13.8. The average molecular weight is 249 g/mol. The Morgan fingerprint density at radius 2 is 2.11 bits per heavy atom. The van der Waals surface area contributed by atoms with Crippen LogP contribution in [0.3, 0.4) is 0 Å². The van der Waals surface area contributed by atoms with Crippen molar-refractivity contribution in [3.63, 3.8) is 0 Å². The smallest absolute Gasteiger partial charge is 0.328 e. The van der Waals surface area contributed by atoms with Gasteiger partial charge in [0, 0.05) is 24.8 Å². The van der Waals surface area contributed by atoms with Gasteiger partial charge in [0.25, 0.3) is 0 Å². The van der Waals surface area contributed by atoms with Crippen molar-refractivity contribution in [3.05, 3.63) is 35.9 Å². The van der Waals surface area contributed by atoms with Gasteiger partial charge in [-0.3, -0.25) is 4.79 Å². The Morgan fingerprint density at radius 1 is 1.39 bits per heavy atom. The van der Waals surface area contributed by atoms with Crippen LogP contribution >= 0.6 is 0 Å². The van der Waals surface area contributed by atoms with Gasteiger partial charge in [0.2, 0.25) is 5.91 Å². The maximum Gasteiger partial charge on any atom is 0.328 e. The maximum atomic E-state index is 10.9. The number of aliphatic carboxylic acids is 1. The molecule has 0 unspecified atom stereocenters. The maximum absolute atomic E-state index is 10.9. The van der Waals surface area contributed by atoms with Crippen molar-refractivity contribution in [1.29, 1.82) is 0 Å². The third-order valence-corrected chi connectivity index (χ3v) is 1.99. The number of carbonyl (C=O) groups excluding carboxylic acids is 1. The molecule has 5 nitrogen and oxygen atoms in total. The third-order valence-electron chi connectivity index (χ3n) is 1.99. The summed E-state index contributed by atoms with van der Waals surface area (Å²) in [5, 5.41) is 11.2. The molecule has 5 heteroatoms. The standard InChI is InChI=1S/C13H15NO4/c1-9(6-13(16)17)8-18-12-5-3-4-11(7-12)14-10(2)15/h3-7H,8H2,1-2H3,(H,14,15)(H,16,17). The molecule has 1 rings (SSSR count). The minimum atomic E-state index is -0.997. The van der Waals surface area contributed by atoms with E-state index in [-0.39, 0.29) is 12.5 Å². The topological polar surface area (TPSA) is 75.6 Å². The highest BCUT2D eigenvalue weighted by Crippen LogP contribution is 2.17. The monoisotopic (exact) mass is 249 g/mol. The molecule has 0 aliphatic carbocycles. The molecule has 0 atom stereocenters. The van der Waals surface area contributed by atoms with Crippen LogP contribution in [0.2, 0.25) is 0 Å². The van der Waals surface area contributed by atoms with E-state index >= 15 is 0 Å². The molecule has 18 heavy (non-hydrogen) atoms. The molecule has 2 N–H and O–H groups in total. The van der Waals surface area contributed by atoms with E-state index in [4.69, 9.17) is 9.84 Å². The molecule has 0 radical (unpaired) electrons. The number of anilines is 1. The van der Waals surface area contributed by atoms with E-state index in [1.54, 1.807) is 31.2 Å². The minimum Gasteiger partial charge on any atom is -0.489 e. The Bertz CT molecular complexity index is 480. The SMILES string of the molecule is CC(=O)Nc1cccc(OCC(C)=CC(=O)O)c1. The van der Waals surface area contributed by atoms with Gasteiger partial charge >= 0.3 is 5.97 Å². The summed E-state index contributed by atoms with van der Waals surface area (Å²) in [6.07, 6.45) is 1.09. The fourth-order valence-corrected chi connectivity index (χ4v) is 1.32. The molecular weight excluding hydrogens is 234 g/mol. The zero-order chi connectivity index (χ0) is 13.5. The molecule has 0 aliphatic heterocycles. The van der Waals surface area contributed by atoms with Crippen molar-refractivity contribution in [2.75, 3.05) is 11.9 Å². The Kier molecular flexibility index (Phi) is 4.92. The van der Waals surface area contributed by atoms with Crippen LogP contribution in [-0.4, -0.2) is 23.6 Å². The zero-order valence-electron chi connectivity index (χ0n) is 10.3. The van der Waals surface area contributed by atoms with Crippen LogP contribution < -0.4 is 10.1 Å². The fraction of sp³-hybridized carbons (Fsp3) is 0.231. The van der Waals surface area contributed by atoms with Crippen LogP contribution in [0.25, 0.3) is 0 Å². The number of amides is 1. The van der Waals surface area contributed by atoms with E-state index in [9.17, 15) is 9.59 Å². The summed E-state index contributed by atoms with van der Waals surface area (Å²) >= 11 is 0. The largest absolute Gasteiger partial charge is 0.489 e. The van der Waals surface area contributed by atoms with Gasteiger partial charge in [0.05, 0.1) is 0 Å². The molecule has 0 fully saturated rings. The molecule has 0 saturated carbocycles. The third kappa shape index (κ3) is 5.16. The second-order valence-electron chi connectivity index (χ2n) is 3.83. The number of carboxylic acids is 1. The van der Waals surface area contributed by atoms with Gasteiger partial charge in [-0.1, -0.05) is 6.07 Å². The Balaban J connectivity index is 2.62. The van der Waals surface area contributed by atoms with Gasteiger partial charge in [-0.15, -0.1) is 0 Å². The minimum absolute atomic E-state index is 0.158. The van der Waals surface area contributed by atoms with Crippen molar-refractivity contribution >= 4 is 17.6 Å². The van der Waals surface area contributed by atoms with Gasteiger partial charge < -0.3 is 15.2 Å². The van der Waals surface area contributed by atoms with Crippen LogP contribution in [0.4, 0.5) is 5.69 Å². The van der Waals surface area contributed by atoms with Gasteiger partial charge in [0.15, 0.2) is 0 Å². The summed E-state index contributed by atoms with van der Waals surface area (Å²) in [5.74, 6) is -0.586. The quantitative estimate of drug-likeness (QED) is 0.783. The zero-order valence-corrected chi connectivity index (χ0v) is 10.3. The van der Waals surface area contributed by atoms with Crippen LogP contribution in [0.15, 0.2) is 35.9 Å². The van der Waals surface area contributed by atoms with Gasteiger partial charge in [-0.2, -0.15) is 0 Å². The van der Waals surface area contributed by atoms with Crippen molar-refractivity contribution < 1.29 is 19.4 Å². The van der Waals surface area contributed by atoms with Crippen LogP contribution in [0.5, 0.6) is 5.75 Å². The first-order valence-electron chi connectivity index (χ1n) is 5.38. The molecule has 0 bridgehead atoms. The van der Waals surface area contributed by atoms with E-state index < -0.39 is 5.97 Å². The number of carbonyl (C=O) groups is 2. The predicted octanol–water partition coefficient (Wildman–Crippen LogP) is 2.05. The molecule has 96 valence electrons. The fourth-order valence-electron chi connectivity index (χ4n) is 1.32. The predicted molar refractivity (Wildman–Crippen MR) is 67.6 cm³/mol.